The van der Waals surface area contributed by atoms with Gasteiger partial charge in [0.25, 0.3) is 5.88 Å². The van der Waals surface area contributed by atoms with Crippen LogP contribution in [-0.4, -0.2) is 206 Å². The molecule has 31 heteroatoms. The Morgan fingerprint density at radius 2 is 1.55 bits per heavy atom. The van der Waals surface area contributed by atoms with Gasteiger partial charge >= 0.3 is 12.1 Å². The quantitative estimate of drug-likeness (QED) is 0.0110. The molecule has 0 radical (unpaired) electrons. The van der Waals surface area contributed by atoms with E-state index in [4.69, 9.17) is 19.7 Å². The number of halogens is 1. The van der Waals surface area contributed by atoms with E-state index in [0.717, 1.165) is 60.7 Å². The molecule has 570 valence electrons. The monoisotopic (exact) mass is 1590 g/mol. The highest BCUT2D eigenvalue weighted by Gasteiger charge is 2.45. The fraction of sp³-hybridized carbons (Fsp3) is 0.520. The van der Waals surface area contributed by atoms with Crippen LogP contribution in [-0.2, 0) is 40.1 Å². The number of nitrogens with two attached hydrogens (primary N) is 1. The Hall–Kier alpha value is -9.05. The number of carbonyl (C=O) groups excluding carboxylic acids is 8. The number of β-amino-alcohol motifs (C(OH)–C–C–N with tert-alkyl or cyclic N) is 1. The van der Waals surface area contributed by atoms with E-state index in [1.54, 1.807) is 73.7 Å². The van der Waals surface area contributed by atoms with Gasteiger partial charge in [0, 0.05) is 82.5 Å². The topological polar surface area (TPSA) is 375 Å². The first-order valence-corrected chi connectivity index (χ1v) is 39.0. The number of piperidine rings is 1. The van der Waals surface area contributed by atoms with Crippen LogP contribution >= 0.6 is 33.9 Å². The van der Waals surface area contributed by atoms with E-state index >= 15 is 0 Å². The number of para-hydroxylation sites is 1. The molecule has 3 aromatic carbocycles. The molecule has 0 bridgehead atoms. The molecule has 3 fully saturated rings. The summed E-state index contributed by atoms with van der Waals surface area (Å²) in [6, 6.07) is 21.0. The van der Waals surface area contributed by atoms with Crippen LogP contribution in [0.15, 0.2) is 95.0 Å². The Morgan fingerprint density at radius 1 is 0.792 bits per heavy atom. The molecule has 4 aliphatic rings. The Morgan fingerprint density at radius 3 is 2.25 bits per heavy atom. The molecule has 0 saturated carbocycles. The minimum atomic E-state index is -1.06. The van der Waals surface area contributed by atoms with Gasteiger partial charge in [0.1, 0.15) is 43.0 Å². The largest absolute Gasteiger partial charge is 0.507 e. The van der Waals surface area contributed by atoms with E-state index in [0.29, 0.717) is 109 Å². The third-order valence-electron chi connectivity index (χ3n) is 19.9. The number of unbranched alkanes of at least 4 members (excludes halogenated alkanes) is 2. The van der Waals surface area contributed by atoms with Crippen LogP contribution in [0, 0.1) is 24.7 Å². The summed E-state index contributed by atoms with van der Waals surface area (Å²) >= 11 is 3.57. The first-order chi connectivity index (χ1) is 51.0. The number of aryl methyl sites for hydroxylation is 1. The number of hydrogen-bond donors (Lipinski definition) is 9. The van der Waals surface area contributed by atoms with Crippen molar-refractivity contribution in [2.24, 2.45) is 23.5 Å². The fourth-order valence-corrected chi connectivity index (χ4v) is 15.2. The Balaban J connectivity index is 0.698. The molecule has 106 heavy (non-hydrogen) atoms. The maximum Gasteiger partial charge on any atom is 0.415 e. The van der Waals surface area contributed by atoms with Crippen molar-refractivity contribution in [2.75, 3.05) is 98.1 Å². The van der Waals surface area contributed by atoms with Gasteiger partial charge in [0.2, 0.25) is 35.4 Å². The van der Waals surface area contributed by atoms with Gasteiger partial charge in [-0.05, 0) is 135 Å². The number of ether oxygens (including phenoxy) is 2. The van der Waals surface area contributed by atoms with Crippen molar-refractivity contribution in [2.45, 2.75) is 148 Å². The number of thiazole rings is 1. The number of nitrogens with zero attached hydrogens (tertiary/aromatic N) is 9. The zero-order chi connectivity index (χ0) is 75.6. The SMILES string of the molecule is Cc1ncsc1-c1ccc([C@H](C)NC(=O)[C@@H]2C[C@@H](O)CN2C(=O)[C@@H](c2cc(OCCN3CCC(CN4CCN5c6cc(-c7ccccc7O)nnc6N(C(=O)OCc6ccc(NC(=O)[C@H](CCCNC(N)=O)NC(=O)[C@@H](NC(=O)CCCCCNC(=O)CI)C(C)C)cc6)C[C@H]5C4)CC3)no2)C(C)C)cc1. The van der Waals surface area contributed by atoms with Crippen LogP contribution < -0.4 is 52.2 Å². The molecule has 0 aliphatic carbocycles. The summed E-state index contributed by atoms with van der Waals surface area (Å²) in [6.45, 7) is 17.8. The number of fused-ring (bicyclic) bond motifs is 3. The molecule has 4 aliphatic heterocycles. The highest BCUT2D eigenvalue weighted by Crippen LogP contribution is 2.40. The lowest BCUT2D eigenvalue weighted by molar-refractivity contribution is -0.141. The van der Waals surface area contributed by atoms with E-state index < -0.39 is 54.1 Å². The molecule has 3 aromatic heterocycles. The number of nitrogens with one attached hydrogen (secondary N) is 6. The number of phenols is 1. The molecule has 7 atom stereocenters. The average molecular weight is 1590 g/mol. The standard InChI is InChI=1S/C75H99IN16O13S/c1-45(2)66(73(100)91-42-55(93)35-60(91)71(98)81-47(5)51-19-21-52(22-20-51)68-48(6)80-44-106-68)62-37-65(87-105-62)103-34-33-88-29-25-49(26-30-88)39-89-31-32-90-54(40-89)41-92(69-59(90)36-58(85-86-69)56-13-9-10-15-61(56)94)75(102)104-43-50-17-23-53(24-18-50)82-70(97)57(14-12-28-79-74(77)101)83-72(99)67(46(3)4)84-63(95)16-8-7-11-27-78-64(96)38-76/h9-10,13,15,17-24,36-37,44-47,49,54-55,57,60,66-67,93-94H,7-8,11-12,14,16,25-35,38-43H2,1-6H3,(H,78,96)(H,81,98)(H,82,97)(H,83,99)(H,84,95)(H3,77,79,101)/t47-,54+,55+,57-,60-,66+,67-/m0/s1. The number of hydrogen-bond acceptors (Lipinski definition) is 21. The molecule has 0 unspecified atom stereocenters. The van der Waals surface area contributed by atoms with Crippen molar-refractivity contribution < 1.29 is 62.6 Å². The van der Waals surface area contributed by atoms with Gasteiger partial charge in [-0.25, -0.2) is 14.6 Å². The van der Waals surface area contributed by atoms with Gasteiger partial charge in [0.15, 0.2) is 11.6 Å². The number of benzene rings is 3. The van der Waals surface area contributed by atoms with Crippen LogP contribution in [0.25, 0.3) is 21.7 Å². The summed E-state index contributed by atoms with van der Waals surface area (Å²) < 4.78 is 18.3. The summed E-state index contributed by atoms with van der Waals surface area (Å²) in [5.74, 6) is -2.04. The molecule has 29 nitrogen and oxygen atoms in total. The Labute approximate surface area is 635 Å². The summed E-state index contributed by atoms with van der Waals surface area (Å²) in [7, 11) is 0. The maximum atomic E-state index is 14.4. The van der Waals surface area contributed by atoms with Gasteiger partial charge in [-0.3, -0.25) is 43.5 Å². The molecule has 0 spiro atoms. The number of aromatic hydroxyl groups is 1. The number of alkyl halides is 1. The zero-order valence-corrected chi connectivity index (χ0v) is 63.9. The third kappa shape index (κ3) is 21.4. The molecule has 9 amide bonds. The van der Waals surface area contributed by atoms with Crippen LogP contribution in [0.4, 0.5) is 26.8 Å². The predicted octanol–water partition coefficient (Wildman–Crippen LogP) is 7.41. The number of rotatable bonds is 33. The number of piperazine rings is 1. The number of likely N-dealkylation sites (tertiary alicyclic amines) is 2. The number of aromatic nitrogens is 4. The van der Waals surface area contributed by atoms with Crippen LogP contribution in [0.3, 0.4) is 0 Å². The first-order valence-electron chi connectivity index (χ1n) is 36.6. The van der Waals surface area contributed by atoms with Crippen LogP contribution in [0.1, 0.15) is 127 Å². The van der Waals surface area contributed by atoms with E-state index in [9.17, 15) is 48.6 Å². The van der Waals surface area contributed by atoms with Crippen molar-refractivity contribution in [3.05, 3.63) is 113 Å². The number of aliphatic hydroxyl groups excluding tert-OH is 1. The van der Waals surface area contributed by atoms with Gasteiger partial charge in [-0.1, -0.05) is 105 Å². The number of primary amides is 1. The summed E-state index contributed by atoms with van der Waals surface area (Å²) in [6.07, 6.45) is 3.14. The fourth-order valence-electron chi connectivity index (χ4n) is 14.1. The second-order valence-electron chi connectivity index (χ2n) is 28.4. The van der Waals surface area contributed by atoms with Crippen molar-refractivity contribution in [1.82, 2.24) is 61.6 Å². The lowest BCUT2D eigenvalue weighted by Crippen LogP contribution is -2.61. The van der Waals surface area contributed by atoms with Crippen LogP contribution in [0.2, 0.25) is 0 Å². The Bertz CT molecular complexity index is 3990. The summed E-state index contributed by atoms with van der Waals surface area (Å²) in [4.78, 5) is 122. The highest BCUT2D eigenvalue weighted by atomic mass is 127. The lowest BCUT2D eigenvalue weighted by atomic mass is 9.91. The minimum Gasteiger partial charge on any atom is -0.507 e. The molecule has 6 aromatic rings. The molecule has 3 saturated heterocycles. The van der Waals surface area contributed by atoms with Crippen molar-refractivity contribution in [1.29, 1.82) is 0 Å². The summed E-state index contributed by atoms with van der Waals surface area (Å²) in [5.41, 5.74) is 12.7. The van der Waals surface area contributed by atoms with Crippen molar-refractivity contribution >= 4 is 98.7 Å². The molecule has 10 rings (SSSR count). The maximum absolute atomic E-state index is 14.4. The number of carbonyl (C=O) groups is 8. The first kappa shape index (κ1) is 79.5. The smallest absolute Gasteiger partial charge is 0.415 e. The van der Waals surface area contributed by atoms with E-state index in [1.165, 1.54) is 9.80 Å². The van der Waals surface area contributed by atoms with Crippen molar-refractivity contribution in [3.63, 3.8) is 0 Å². The molecular formula is C75H99IN16O13S. The second-order valence-corrected chi connectivity index (χ2v) is 30.0. The van der Waals surface area contributed by atoms with Gasteiger partial charge in [-0.15, -0.1) is 21.5 Å². The number of phenolic OH excluding ortho intramolecular Hbond substituents is 1. The van der Waals surface area contributed by atoms with Crippen molar-refractivity contribution in [3.8, 4) is 33.3 Å². The number of aliphatic hydroxyl groups is 1. The predicted molar refractivity (Wildman–Crippen MR) is 409 cm³/mol. The van der Waals surface area contributed by atoms with Gasteiger partial charge in [0.05, 0.1) is 56.6 Å². The lowest BCUT2D eigenvalue weighted by Gasteiger charge is -2.48. The molecule has 7 heterocycles. The zero-order valence-electron chi connectivity index (χ0n) is 61.0. The van der Waals surface area contributed by atoms with Gasteiger partial charge in [-0.2, -0.15) is 0 Å². The average Bonchev–Trinajstić information content (AvgIpc) is 1.07. The highest BCUT2D eigenvalue weighted by molar-refractivity contribution is 14.1. The Kier molecular flexibility index (Phi) is 28.5. The van der Waals surface area contributed by atoms with E-state index in [-0.39, 0.29) is 105 Å². The number of amides is 9. The minimum absolute atomic E-state index is 0.0156. The molecular weight excluding hydrogens is 1490 g/mol. The molecule has 10 N–H and O–H groups in total. The van der Waals surface area contributed by atoms with Crippen LogP contribution in [0.5, 0.6) is 11.6 Å². The third-order valence-corrected chi connectivity index (χ3v) is 21.6. The normalized spacial score (nSPS) is 18.1. The van der Waals surface area contributed by atoms with Gasteiger partial charge < -0.3 is 71.6 Å². The van der Waals surface area contributed by atoms with E-state index in [1.807, 2.05) is 92.2 Å². The summed E-state index contributed by atoms with van der Waals surface area (Å²) in [5, 5.41) is 51.9. The number of anilines is 3. The number of urea groups is 1. The van der Waals surface area contributed by atoms with E-state index in [2.05, 4.69) is 66.9 Å². The second kappa shape index (κ2) is 38.0.